The van der Waals surface area contributed by atoms with Crippen molar-refractivity contribution in [1.29, 1.82) is 0 Å². The van der Waals surface area contributed by atoms with E-state index in [9.17, 15) is 16.8 Å². The monoisotopic (exact) mass is 528 g/mol. The Kier molecular flexibility index (Phi) is 7.02. The summed E-state index contributed by atoms with van der Waals surface area (Å²) < 4.78 is 61.4. The van der Waals surface area contributed by atoms with Crippen molar-refractivity contribution in [3.05, 3.63) is 108 Å². The molecule has 0 saturated heterocycles. The number of benzene rings is 4. The van der Waals surface area contributed by atoms with Gasteiger partial charge in [-0.15, -0.1) is 0 Å². The number of aryl methyl sites for hydroxylation is 1. The third-order valence-corrected chi connectivity index (χ3v) is 8.16. The summed E-state index contributed by atoms with van der Waals surface area (Å²) in [6.07, 6.45) is 0. The standard InChI is InChI=1S/C25H21ClN2O5S2/c1-18-7-8-20(17-25(18)26)28-35(31,32)23-13-9-19(10-14-23)27-34(29,30)24-15-11-22(12-16-24)33-21-5-3-2-4-6-21/h2-17,27-28H,1H3. The normalized spacial score (nSPS) is 11.6. The van der Waals surface area contributed by atoms with Crippen LogP contribution in [0, 0.1) is 6.92 Å². The number of ether oxygens (including phenoxy) is 1. The zero-order chi connectivity index (χ0) is 25.1. The summed E-state index contributed by atoms with van der Waals surface area (Å²) in [6, 6.07) is 25.3. The van der Waals surface area contributed by atoms with Crippen LogP contribution in [0.2, 0.25) is 5.02 Å². The largest absolute Gasteiger partial charge is 0.457 e. The second-order valence-electron chi connectivity index (χ2n) is 7.59. The van der Waals surface area contributed by atoms with Crippen molar-refractivity contribution in [1.82, 2.24) is 0 Å². The minimum absolute atomic E-state index is 0.0282. The van der Waals surface area contributed by atoms with E-state index in [1.165, 1.54) is 42.5 Å². The topological polar surface area (TPSA) is 102 Å². The number of nitrogens with one attached hydrogen (secondary N) is 2. The first-order valence-corrected chi connectivity index (χ1v) is 13.7. The molecule has 0 bridgehead atoms. The molecule has 0 amide bonds. The fraction of sp³-hybridized carbons (Fsp3) is 0.0400. The van der Waals surface area contributed by atoms with Crippen LogP contribution in [0.25, 0.3) is 0 Å². The van der Waals surface area contributed by atoms with Crippen molar-refractivity contribution in [3.8, 4) is 11.5 Å². The Bertz CT molecular complexity index is 1540. The lowest BCUT2D eigenvalue weighted by molar-refractivity contribution is 0.482. The second-order valence-corrected chi connectivity index (χ2v) is 11.4. The Morgan fingerprint density at radius 2 is 1.11 bits per heavy atom. The Labute approximate surface area is 209 Å². The highest BCUT2D eigenvalue weighted by Crippen LogP contribution is 2.26. The fourth-order valence-electron chi connectivity index (χ4n) is 3.10. The zero-order valence-electron chi connectivity index (χ0n) is 18.5. The van der Waals surface area contributed by atoms with Crippen molar-refractivity contribution in [3.63, 3.8) is 0 Å². The number of para-hydroxylation sites is 1. The van der Waals surface area contributed by atoms with E-state index in [0.29, 0.717) is 22.2 Å². The zero-order valence-corrected chi connectivity index (χ0v) is 20.9. The summed E-state index contributed by atoms with van der Waals surface area (Å²) >= 11 is 6.06. The molecule has 0 spiro atoms. The summed E-state index contributed by atoms with van der Waals surface area (Å²) in [7, 11) is -7.78. The van der Waals surface area contributed by atoms with Crippen molar-refractivity contribution < 1.29 is 21.6 Å². The van der Waals surface area contributed by atoms with E-state index >= 15 is 0 Å². The van der Waals surface area contributed by atoms with Gasteiger partial charge in [-0.25, -0.2) is 16.8 Å². The van der Waals surface area contributed by atoms with Crippen molar-refractivity contribution in [2.45, 2.75) is 16.7 Å². The van der Waals surface area contributed by atoms with Gasteiger partial charge in [-0.05, 0) is 85.3 Å². The Morgan fingerprint density at radius 3 is 1.69 bits per heavy atom. The maximum absolute atomic E-state index is 12.8. The number of hydrogen-bond acceptors (Lipinski definition) is 5. The molecule has 4 aromatic carbocycles. The molecule has 0 unspecified atom stereocenters. The Morgan fingerprint density at radius 1 is 0.629 bits per heavy atom. The molecule has 0 saturated carbocycles. The minimum atomic E-state index is -3.89. The van der Waals surface area contributed by atoms with Gasteiger partial charge >= 0.3 is 0 Å². The Balaban J connectivity index is 1.45. The third-order valence-electron chi connectivity index (χ3n) is 4.95. The molecule has 2 N–H and O–H groups in total. The average molecular weight is 529 g/mol. The summed E-state index contributed by atoms with van der Waals surface area (Å²) in [5, 5.41) is 0.439. The van der Waals surface area contributed by atoms with Crippen LogP contribution in [0.15, 0.2) is 107 Å². The predicted octanol–water partition coefficient (Wildman–Crippen LogP) is 6.04. The van der Waals surface area contributed by atoms with Gasteiger partial charge in [-0.1, -0.05) is 35.9 Å². The van der Waals surface area contributed by atoms with Crippen molar-refractivity contribution >= 4 is 43.0 Å². The van der Waals surface area contributed by atoms with Crippen LogP contribution < -0.4 is 14.2 Å². The second kappa shape index (κ2) is 9.99. The molecule has 35 heavy (non-hydrogen) atoms. The number of rotatable bonds is 8. The molecule has 4 rings (SSSR count). The van der Waals surface area contributed by atoms with Gasteiger partial charge in [0.05, 0.1) is 15.5 Å². The third kappa shape index (κ3) is 6.13. The predicted molar refractivity (Wildman–Crippen MR) is 137 cm³/mol. The van der Waals surface area contributed by atoms with Gasteiger partial charge in [0.25, 0.3) is 20.0 Å². The summed E-state index contributed by atoms with van der Waals surface area (Å²) in [4.78, 5) is 0.00656. The molecule has 0 aromatic heterocycles. The fourth-order valence-corrected chi connectivity index (χ4v) is 5.39. The molecule has 0 aliphatic rings. The van der Waals surface area contributed by atoms with Crippen LogP contribution in [0.1, 0.15) is 5.56 Å². The molecule has 0 heterocycles. The smallest absolute Gasteiger partial charge is 0.261 e. The quantitative estimate of drug-likeness (QED) is 0.290. The molecule has 0 radical (unpaired) electrons. The van der Waals surface area contributed by atoms with Gasteiger partial charge in [0.2, 0.25) is 0 Å². The number of sulfonamides is 2. The molecule has 0 aliphatic heterocycles. The van der Waals surface area contributed by atoms with Crippen LogP contribution in [0.4, 0.5) is 11.4 Å². The van der Waals surface area contributed by atoms with Crippen LogP contribution in [0.3, 0.4) is 0 Å². The van der Waals surface area contributed by atoms with Gasteiger partial charge in [-0.2, -0.15) is 0 Å². The summed E-state index contributed by atoms with van der Waals surface area (Å²) in [5.74, 6) is 1.13. The van der Waals surface area contributed by atoms with E-state index in [1.807, 2.05) is 25.1 Å². The highest BCUT2D eigenvalue weighted by Gasteiger charge is 2.17. The average Bonchev–Trinajstić information content (AvgIpc) is 2.82. The van der Waals surface area contributed by atoms with Gasteiger partial charge in [0.15, 0.2) is 0 Å². The SMILES string of the molecule is Cc1ccc(NS(=O)(=O)c2ccc(NS(=O)(=O)c3ccc(Oc4ccccc4)cc3)cc2)cc1Cl. The van der Waals surface area contributed by atoms with Gasteiger partial charge in [0, 0.05) is 10.7 Å². The highest BCUT2D eigenvalue weighted by molar-refractivity contribution is 7.93. The molecule has 7 nitrogen and oxygen atoms in total. The first-order chi connectivity index (χ1) is 16.6. The maximum Gasteiger partial charge on any atom is 0.261 e. The van der Waals surface area contributed by atoms with Crippen LogP contribution in [0.5, 0.6) is 11.5 Å². The van der Waals surface area contributed by atoms with Crippen LogP contribution >= 0.6 is 11.6 Å². The molecule has 0 atom stereocenters. The molecule has 0 aliphatic carbocycles. The lowest BCUT2D eigenvalue weighted by Gasteiger charge is -2.11. The van der Waals surface area contributed by atoms with E-state index in [0.717, 1.165) is 5.56 Å². The summed E-state index contributed by atoms with van der Waals surface area (Å²) in [6.45, 7) is 1.81. The first-order valence-electron chi connectivity index (χ1n) is 10.4. The van der Waals surface area contributed by atoms with Gasteiger partial charge < -0.3 is 4.74 Å². The minimum Gasteiger partial charge on any atom is -0.457 e. The lowest BCUT2D eigenvalue weighted by atomic mass is 10.2. The van der Waals surface area contributed by atoms with E-state index < -0.39 is 20.0 Å². The van der Waals surface area contributed by atoms with E-state index in [2.05, 4.69) is 9.44 Å². The molecule has 180 valence electrons. The number of hydrogen-bond donors (Lipinski definition) is 2. The van der Waals surface area contributed by atoms with E-state index in [1.54, 1.807) is 36.4 Å². The van der Waals surface area contributed by atoms with E-state index in [-0.39, 0.29) is 15.5 Å². The van der Waals surface area contributed by atoms with Crippen LogP contribution in [-0.2, 0) is 20.0 Å². The summed E-state index contributed by atoms with van der Waals surface area (Å²) in [5.41, 5.74) is 1.36. The van der Waals surface area contributed by atoms with Crippen molar-refractivity contribution in [2.75, 3.05) is 9.44 Å². The first kappa shape index (κ1) is 24.6. The number of halogens is 1. The molecule has 4 aromatic rings. The van der Waals surface area contributed by atoms with Gasteiger partial charge in [0.1, 0.15) is 11.5 Å². The van der Waals surface area contributed by atoms with Gasteiger partial charge in [-0.3, -0.25) is 9.44 Å². The van der Waals surface area contributed by atoms with Crippen molar-refractivity contribution in [2.24, 2.45) is 0 Å². The molecule has 0 fully saturated rings. The molecule has 10 heteroatoms. The van der Waals surface area contributed by atoms with E-state index in [4.69, 9.17) is 16.3 Å². The van der Waals surface area contributed by atoms with Crippen LogP contribution in [-0.4, -0.2) is 16.8 Å². The Hall–Kier alpha value is -3.53. The highest BCUT2D eigenvalue weighted by atomic mass is 35.5. The molecular weight excluding hydrogens is 508 g/mol. The number of anilines is 2. The maximum atomic E-state index is 12.8. The lowest BCUT2D eigenvalue weighted by Crippen LogP contribution is -2.14. The molecular formula is C25H21ClN2O5S2.